The number of hydrogen-bond donors (Lipinski definition) is 1. The summed E-state index contributed by atoms with van der Waals surface area (Å²) in [5, 5.41) is 0. The Morgan fingerprint density at radius 1 is 1.62 bits per heavy atom. The zero-order chi connectivity index (χ0) is 9.31. The van der Waals surface area contributed by atoms with Crippen LogP contribution in [-0.2, 0) is 4.74 Å². The van der Waals surface area contributed by atoms with Gasteiger partial charge < -0.3 is 10.5 Å². The van der Waals surface area contributed by atoms with E-state index in [1.807, 2.05) is 11.8 Å². The first-order valence-corrected chi connectivity index (χ1v) is 6.35. The minimum atomic E-state index is 0.210. The number of rotatable bonds is 1. The smallest absolute Gasteiger partial charge is 0.0783 e. The van der Waals surface area contributed by atoms with Gasteiger partial charge in [0.25, 0.3) is 0 Å². The van der Waals surface area contributed by atoms with Crippen LogP contribution in [0.4, 0.5) is 0 Å². The first-order valence-electron chi connectivity index (χ1n) is 5.19. The first-order chi connectivity index (χ1) is 6.22. The van der Waals surface area contributed by atoms with Crippen LogP contribution in [0.5, 0.6) is 0 Å². The van der Waals surface area contributed by atoms with E-state index < -0.39 is 0 Å². The van der Waals surface area contributed by atoms with Crippen molar-refractivity contribution in [3.8, 4) is 0 Å². The highest BCUT2D eigenvalue weighted by Crippen LogP contribution is 2.40. The maximum absolute atomic E-state index is 5.96. The molecular formula is C10H19NOS. The molecule has 2 fully saturated rings. The summed E-state index contributed by atoms with van der Waals surface area (Å²) in [7, 11) is 0. The van der Waals surface area contributed by atoms with Gasteiger partial charge in [-0.25, -0.2) is 0 Å². The van der Waals surface area contributed by atoms with Crippen molar-refractivity contribution in [3.05, 3.63) is 0 Å². The molecule has 3 unspecified atom stereocenters. The Morgan fingerprint density at radius 2 is 2.46 bits per heavy atom. The molecule has 0 aliphatic carbocycles. The highest BCUT2D eigenvalue weighted by molar-refractivity contribution is 7.99. The lowest BCUT2D eigenvalue weighted by atomic mass is 9.82. The lowest BCUT2D eigenvalue weighted by Crippen LogP contribution is -2.44. The standard InChI is InChI=1S/C10H19NOS/c1-8(11)9-2-4-12-10(6-9)3-5-13-7-10/h8-9H,2-7,11H2,1H3. The fraction of sp³-hybridized carbons (Fsp3) is 1.00. The molecule has 0 aromatic carbocycles. The lowest BCUT2D eigenvalue weighted by Gasteiger charge is -2.39. The Kier molecular flexibility index (Phi) is 2.86. The molecule has 2 aliphatic rings. The van der Waals surface area contributed by atoms with Crippen LogP contribution < -0.4 is 5.73 Å². The number of thioether (sulfide) groups is 1. The fourth-order valence-electron chi connectivity index (χ4n) is 2.38. The van der Waals surface area contributed by atoms with E-state index in [-0.39, 0.29) is 5.60 Å². The van der Waals surface area contributed by atoms with Crippen LogP contribution in [0.2, 0.25) is 0 Å². The lowest BCUT2D eigenvalue weighted by molar-refractivity contribution is -0.0823. The van der Waals surface area contributed by atoms with E-state index in [1.54, 1.807) is 0 Å². The molecule has 13 heavy (non-hydrogen) atoms. The molecule has 0 amide bonds. The molecule has 2 heterocycles. The fourth-order valence-corrected chi connectivity index (χ4v) is 3.76. The molecule has 76 valence electrons. The first kappa shape index (κ1) is 9.81. The Balaban J connectivity index is 1.98. The Labute approximate surface area is 84.6 Å². The molecule has 2 rings (SSSR count). The molecular weight excluding hydrogens is 182 g/mol. The van der Waals surface area contributed by atoms with Crippen LogP contribution in [-0.4, -0.2) is 29.8 Å². The maximum atomic E-state index is 5.96. The van der Waals surface area contributed by atoms with Crippen LogP contribution in [0, 0.1) is 5.92 Å². The molecule has 0 aromatic rings. The third-order valence-corrected chi connectivity index (χ3v) is 4.56. The van der Waals surface area contributed by atoms with Crippen molar-refractivity contribution in [2.24, 2.45) is 11.7 Å². The monoisotopic (exact) mass is 201 g/mol. The van der Waals surface area contributed by atoms with Gasteiger partial charge in [0.15, 0.2) is 0 Å². The molecule has 0 saturated carbocycles. The zero-order valence-corrected chi connectivity index (χ0v) is 9.11. The topological polar surface area (TPSA) is 35.2 Å². The van der Waals surface area contributed by atoms with Gasteiger partial charge in [0, 0.05) is 18.4 Å². The van der Waals surface area contributed by atoms with E-state index in [0.29, 0.717) is 12.0 Å². The largest absolute Gasteiger partial charge is 0.374 e. The average Bonchev–Trinajstić information content (AvgIpc) is 2.53. The molecule has 0 radical (unpaired) electrons. The average molecular weight is 201 g/mol. The summed E-state index contributed by atoms with van der Waals surface area (Å²) >= 11 is 2.03. The van der Waals surface area contributed by atoms with Crippen LogP contribution in [0.25, 0.3) is 0 Å². The van der Waals surface area contributed by atoms with Crippen molar-refractivity contribution in [2.75, 3.05) is 18.1 Å². The molecule has 2 aliphatic heterocycles. The molecule has 1 spiro atoms. The minimum Gasteiger partial charge on any atom is -0.374 e. The second-order valence-electron chi connectivity index (χ2n) is 4.45. The minimum absolute atomic E-state index is 0.210. The summed E-state index contributed by atoms with van der Waals surface area (Å²) in [6.45, 7) is 3.05. The van der Waals surface area contributed by atoms with E-state index >= 15 is 0 Å². The molecule has 3 heteroatoms. The predicted molar refractivity (Wildman–Crippen MR) is 57.0 cm³/mol. The third kappa shape index (κ3) is 2.03. The highest BCUT2D eigenvalue weighted by atomic mass is 32.2. The van der Waals surface area contributed by atoms with Crippen LogP contribution in [0.3, 0.4) is 0 Å². The third-order valence-electron chi connectivity index (χ3n) is 3.34. The van der Waals surface area contributed by atoms with Crippen molar-refractivity contribution >= 4 is 11.8 Å². The van der Waals surface area contributed by atoms with Crippen LogP contribution >= 0.6 is 11.8 Å². The Hall–Kier alpha value is 0.270. The normalized spacial score (nSPS) is 42.5. The van der Waals surface area contributed by atoms with E-state index in [2.05, 4.69) is 6.92 Å². The summed E-state index contributed by atoms with van der Waals surface area (Å²) in [5.74, 6) is 3.15. The predicted octanol–water partition coefficient (Wildman–Crippen LogP) is 1.64. The van der Waals surface area contributed by atoms with Gasteiger partial charge in [-0.1, -0.05) is 0 Å². The van der Waals surface area contributed by atoms with E-state index in [1.165, 1.54) is 24.3 Å². The molecule has 3 atom stereocenters. The van der Waals surface area contributed by atoms with Gasteiger partial charge in [-0.2, -0.15) is 11.8 Å². The van der Waals surface area contributed by atoms with Crippen LogP contribution in [0.1, 0.15) is 26.2 Å². The van der Waals surface area contributed by atoms with Crippen molar-refractivity contribution in [1.82, 2.24) is 0 Å². The number of ether oxygens (including phenoxy) is 1. The number of nitrogens with two attached hydrogens (primary N) is 1. The summed E-state index contributed by atoms with van der Waals surface area (Å²) < 4.78 is 5.93. The zero-order valence-electron chi connectivity index (χ0n) is 8.29. The maximum Gasteiger partial charge on any atom is 0.0783 e. The van der Waals surface area contributed by atoms with Gasteiger partial charge >= 0.3 is 0 Å². The molecule has 0 bridgehead atoms. The summed E-state index contributed by atoms with van der Waals surface area (Å²) in [6.07, 6.45) is 3.59. The Bertz CT molecular complexity index is 178. The van der Waals surface area contributed by atoms with E-state index in [9.17, 15) is 0 Å². The van der Waals surface area contributed by atoms with Gasteiger partial charge in [-0.3, -0.25) is 0 Å². The summed E-state index contributed by atoms with van der Waals surface area (Å²) in [6, 6.07) is 0.339. The van der Waals surface area contributed by atoms with Gasteiger partial charge in [-0.15, -0.1) is 0 Å². The molecule has 2 N–H and O–H groups in total. The molecule has 2 saturated heterocycles. The van der Waals surface area contributed by atoms with Gasteiger partial charge in [0.1, 0.15) is 0 Å². The van der Waals surface area contributed by atoms with Gasteiger partial charge in [0.05, 0.1) is 5.60 Å². The van der Waals surface area contributed by atoms with Crippen molar-refractivity contribution in [3.63, 3.8) is 0 Å². The van der Waals surface area contributed by atoms with E-state index in [0.717, 1.165) is 13.0 Å². The highest BCUT2D eigenvalue weighted by Gasteiger charge is 2.41. The second kappa shape index (κ2) is 3.79. The number of hydrogen-bond acceptors (Lipinski definition) is 3. The second-order valence-corrected chi connectivity index (χ2v) is 5.55. The molecule has 0 aromatic heterocycles. The quantitative estimate of drug-likeness (QED) is 0.700. The van der Waals surface area contributed by atoms with Crippen LogP contribution in [0.15, 0.2) is 0 Å². The molecule has 2 nitrogen and oxygen atoms in total. The van der Waals surface area contributed by atoms with Crippen molar-refractivity contribution in [2.45, 2.75) is 37.8 Å². The summed E-state index contributed by atoms with van der Waals surface area (Å²) in [4.78, 5) is 0. The van der Waals surface area contributed by atoms with E-state index in [4.69, 9.17) is 10.5 Å². The Morgan fingerprint density at radius 3 is 3.08 bits per heavy atom. The van der Waals surface area contributed by atoms with Crippen molar-refractivity contribution in [1.29, 1.82) is 0 Å². The van der Waals surface area contributed by atoms with Crippen molar-refractivity contribution < 1.29 is 4.74 Å². The summed E-state index contributed by atoms with van der Waals surface area (Å²) in [5.41, 5.74) is 6.17. The van der Waals surface area contributed by atoms with Gasteiger partial charge in [-0.05, 0) is 37.9 Å². The van der Waals surface area contributed by atoms with Gasteiger partial charge in [0.2, 0.25) is 0 Å². The SMILES string of the molecule is CC(N)C1CCOC2(CCSC2)C1.